The van der Waals surface area contributed by atoms with E-state index >= 15 is 0 Å². The molecule has 119 heavy (non-hydrogen) atoms. The number of hydrogen-bond acceptors (Lipinski definition) is 6. The van der Waals surface area contributed by atoms with Crippen molar-refractivity contribution >= 4 is 82.0 Å². The number of benzene rings is 12. The minimum Gasteiger partial charge on any atom is -0.512 e. The number of allylic oxidation sites excluding steroid dienone is 6. The number of aryl methyl sites for hydroxylation is 1. The van der Waals surface area contributed by atoms with Crippen LogP contribution < -0.4 is 0 Å². The van der Waals surface area contributed by atoms with Gasteiger partial charge in [-0.05, 0) is 188 Å². The SMILES string of the molecule is CC(=[OH+])C=C(C)O.CC(C)(C)C(=[OH+])C=C(O)C(C)(C)C.CC(C)(C)C(=[OH+])C=C(O)C(C)(C)C.CC(C)(C)c1ccc2c(ccc3c(-c4[c-]ccc(-c5ccccc5)c4)nccc32)c1.Cc1cc[c-]c(-c2nccc3c2ccc2cc(-c4ccccc4)ccc23)c1.[Ir].[Ir].[Ir].[c-]1ccc(-c2ccccc2)cc1-c1nccc2c1ccc1ccccc12. The first-order valence-electron chi connectivity index (χ1n) is 39.4. The van der Waals surface area contributed by atoms with Crippen molar-refractivity contribution in [3.05, 3.63) is 344 Å². The summed E-state index contributed by atoms with van der Waals surface area (Å²) < 4.78 is 0. The summed E-state index contributed by atoms with van der Waals surface area (Å²) in [5.74, 6) is 1.08. The summed E-state index contributed by atoms with van der Waals surface area (Å²) in [6.45, 7) is 34.6. The molecule has 0 saturated heterocycles. The Hall–Kier alpha value is -10.8. The van der Waals surface area contributed by atoms with Crippen LogP contribution in [-0.4, -0.2) is 62.0 Å². The molecule has 0 aliphatic heterocycles. The van der Waals surface area contributed by atoms with E-state index in [2.05, 4.69) is 286 Å². The molecule has 0 amide bonds. The number of pyridine rings is 3. The van der Waals surface area contributed by atoms with Crippen LogP contribution in [0.2, 0.25) is 0 Å². The van der Waals surface area contributed by atoms with Crippen LogP contribution in [0.1, 0.15) is 129 Å². The molecule has 0 saturated carbocycles. The number of hydrogen-bond donors (Lipinski definition) is 3. The van der Waals surface area contributed by atoms with Crippen LogP contribution in [0.4, 0.5) is 0 Å². The van der Waals surface area contributed by atoms with Crippen molar-refractivity contribution in [3.63, 3.8) is 0 Å². The maximum absolute atomic E-state index is 9.60. The molecule has 3 heterocycles. The van der Waals surface area contributed by atoms with Gasteiger partial charge in [-0.25, -0.2) is 0 Å². The van der Waals surface area contributed by atoms with E-state index in [1.165, 1.54) is 130 Å². The Morgan fingerprint density at radius 2 is 0.647 bits per heavy atom. The zero-order valence-corrected chi connectivity index (χ0v) is 78.5. The fraction of sp³-hybridized carbons (Fsp3) is 0.215. The fourth-order valence-corrected chi connectivity index (χ4v) is 12.8. The number of fused-ring (bicyclic) bond motifs is 9. The zero-order chi connectivity index (χ0) is 83.9. The van der Waals surface area contributed by atoms with Crippen molar-refractivity contribution in [2.45, 2.75) is 130 Å². The van der Waals surface area contributed by atoms with Gasteiger partial charge in [0.2, 0.25) is 0 Å². The second kappa shape index (κ2) is 41.8. The molecule has 12 heteroatoms. The van der Waals surface area contributed by atoms with Crippen LogP contribution >= 0.6 is 0 Å². The molecule has 6 N–H and O–H groups in total. The molecule has 0 aliphatic carbocycles. The molecule has 615 valence electrons. The number of carbonyl (C=O) groups excluding carboxylic acids is 3. The first-order chi connectivity index (χ1) is 54.9. The second-order valence-electron chi connectivity index (χ2n) is 34.4. The van der Waals surface area contributed by atoms with Gasteiger partial charge in [0, 0.05) is 89.7 Å². The van der Waals surface area contributed by atoms with Gasteiger partial charge in [0.05, 0.1) is 41.7 Å². The third kappa shape index (κ3) is 25.6. The molecule has 3 aromatic heterocycles. The van der Waals surface area contributed by atoms with Gasteiger partial charge in [0.25, 0.3) is 0 Å². The molecular formula is C107H109Ir3N3O6. The molecule has 0 fully saturated rings. The summed E-state index contributed by atoms with van der Waals surface area (Å²) in [5.41, 5.74) is 14.8. The first-order valence-corrected chi connectivity index (χ1v) is 39.4. The topological polar surface area (TPSA) is 164 Å². The van der Waals surface area contributed by atoms with E-state index < -0.39 is 0 Å². The Kier molecular flexibility index (Phi) is 33.5. The van der Waals surface area contributed by atoms with Crippen LogP contribution in [0.3, 0.4) is 0 Å². The van der Waals surface area contributed by atoms with E-state index in [-0.39, 0.29) is 122 Å². The molecule has 15 rings (SSSR count). The standard InChI is InChI=1S/C29H24N.C26H18N.C25H16N.2C11H20O2.C5H8O2.3Ir/c1-29(2,3)24-13-15-25-22(19-24)12-14-27-26(25)16-17-30-28(27)23-11-7-10-21(18-23)20-8-5-4-6-9-20;1-18-6-5-9-22(16-18)26-25-13-11-21-17-20(19-7-3-2-4-8-19)10-12-23(21)24(25)14-15-27-26;1-2-7-18(8-3-1)20-10-6-11-21(17-20)25-24-14-13-19-9-4-5-12-22(19)23(24)15-16-26-25;2*1-10(2,3)8(12)7-9(13)11(4,5)6;1-4(6)3-5(2)7;;;/h4-10,12-19H,1-3H3;2-8,10-17H,1H3;1-10,12-17H;2*7,12H,1-6H3;3,6H,1-2H3;;;/q3*-1;;;;;;/p+3. The van der Waals surface area contributed by atoms with Gasteiger partial charge >= 0.3 is 17.3 Å². The van der Waals surface area contributed by atoms with Gasteiger partial charge in [-0.15, -0.1) is 106 Å². The predicted octanol–water partition coefficient (Wildman–Crippen LogP) is 28.3. The summed E-state index contributed by atoms with van der Waals surface area (Å²) in [5, 5.41) is 42.3. The molecule has 0 atom stereocenters. The molecule has 0 spiro atoms. The van der Waals surface area contributed by atoms with Crippen molar-refractivity contribution in [1.29, 1.82) is 0 Å². The molecule has 15 aromatic rings. The predicted molar refractivity (Wildman–Crippen MR) is 492 cm³/mol. The number of aromatic nitrogens is 3. The molecule has 0 aliphatic rings. The number of aliphatic hydroxyl groups excluding tert-OH is 3. The third-order valence-corrected chi connectivity index (χ3v) is 19.7. The maximum Gasteiger partial charge on any atom is 0.325 e. The van der Waals surface area contributed by atoms with E-state index in [0.717, 1.165) is 44.5 Å². The van der Waals surface area contributed by atoms with E-state index in [4.69, 9.17) is 14.9 Å². The van der Waals surface area contributed by atoms with Crippen molar-refractivity contribution in [2.75, 3.05) is 0 Å². The van der Waals surface area contributed by atoms with E-state index in [9.17, 15) is 19.8 Å². The molecule has 9 nitrogen and oxygen atoms in total. The molecular weight excluding hydrogens is 2000 g/mol. The Bertz CT molecular complexity index is 6060. The van der Waals surface area contributed by atoms with E-state index in [1.54, 1.807) is 0 Å². The number of aliphatic hydroxyl groups is 3. The molecule has 3 radical (unpaired) electrons. The summed E-state index contributed by atoms with van der Waals surface area (Å²) in [4.78, 5) is 41.7. The Labute approximate surface area is 744 Å². The van der Waals surface area contributed by atoms with Crippen LogP contribution in [-0.2, 0) is 65.7 Å². The van der Waals surface area contributed by atoms with Gasteiger partial charge in [0.15, 0.2) is 0 Å². The second-order valence-corrected chi connectivity index (χ2v) is 34.4. The van der Waals surface area contributed by atoms with Gasteiger partial charge < -0.3 is 30.3 Å². The van der Waals surface area contributed by atoms with Gasteiger partial charge in [0.1, 0.15) is 11.5 Å². The molecule has 0 bridgehead atoms. The largest absolute Gasteiger partial charge is 0.512 e. The number of nitrogens with zero attached hydrogens (tertiary/aromatic N) is 3. The smallest absolute Gasteiger partial charge is 0.325 e. The number of rotatable bonds is 9. The minimum absolute atomic E-state index is 0. The van der Waals surface area contributed by atoms with Crippen molar-refractivity contribution in [3.8, 4) is 67.2 Å². The van der Waals surface area contributed by atoms with Gasteiger partial charge in [-0.1, -0.05) is 251 Å². The average Bonchev–Trinajstić information content (AvgIpc) is 0.776. The van der Waals surface area contributed by atoms with Crippen LogP contribution in [0.5, 0.6) is 0 Å². The quantitative estimate of drug-likeness (QED) is 0.0428. The van der Waals surface area contributed by atoms with Crippen molar-refractivity contribution < 1.29 is 90.0 Å². The zero-order valence-electron chi connectivity index (χ0n) is 71.3. The third-order valence-electron chi connectivity index (χ3n) is 19.7. The van der Waals surface area contributed by atoms with Crippen LogP contribution in [0.25, 0.3) is 132 Å². The van der Waals surface area contributed by atoms with Crippen molar-refractivity contribution in [2.24, 2.45) is 21.7 Å². The van der Waals surface area contributed by atoms with Crippen LogP contribution in [0, 0.1) is 46.8 Å². The Morgan fingerprint density at radius 3 is 1.01 bits per heavy atom. The van der Waals surface area contributed by atoms with E-state index in [1.807, 2.05) is 132 Å². The first kappa shape index (κ1) is 95.4. The summed E-state index contributed by atoms with van der Waals surface area (Å²) in [7, 11) is 0. The summed E-state index contributed by atoms with van der Waals surface area (Å²) in [6, 6.07) is 102. The minimum atomic E-state index is -0.306. The Balaban J connectivity index is 0.000000206. The number of ketones is 3. The van der Waals surface area contributed by atoms with Gasteiger partial charge in [-0.2, -0.15) is 0 Å². The van der Waals surface area contributed by atoms with Gasteiger partial charge in [-0.3, -0.25) is 14.4 Å². The summed E-state index contributed by atoms with van der Waals surface area (Å²) in [6.07, 6.45) is 9.88. The van der Waals surface area contributed by atoms with E-state index in [0.29, 0.717) is 0 Å². The Morgan fingerprint density at radius 1 is 0.311 bits per heavy atom. The van der Waals surface area contributed by atoms with Crippen LogP contribution in [0.15, 0.2) is 315 Å². The average molecular weight is 2110 g/mol. The van der Waals surface area contributed by atoms with Crippen molar-refractivity contribution in [1.82, 2.24) is 15.0 Å². The summed E-state index contributed by atoms with van der Waals surface area (Å²) >= 11 is 0. The molecule has 0 unspecified atom stereocenters. The molecule has 12 aromatic carbocycles. The normalized spacial score (nSPS) is 11.8. The maximum atomic E-state index is 9.60. The fourth-order valence-electron chi connectivity index (χ4n) is 12.8. The monoisotopic (exact) mass is 2110 g/mol.